The predicted molar refractivity (Wildman–Crippen MR) is 110 cm³/mol. The summed E-state index contributed by atoms with van der Waals surface area (Å²) in [6.07, 6.45) is 2.32. The Hall–Kier alpha value is -2.64. The molecule has 0 aromatic heterocycles. The van der Waals surface area contributed by atoms with Crippen molar-refractivity contribution in [2.75, 3.05) is 13.2 Å². The molecule has 2 aromatic carbocycles. The Morgan fingerprint density at radius 2 is 1.86 bits per heavy atom. The number of hydrogen-bond acceptors (Lipinski definition) is 4. The van der Waals surface area contributed by atoms with Gasteiger partial charge in [0.25, 0.3) is 5.69 Å². The topological polar surface area (TPSA) is 88.8 Å². The van der Waals surface area contributed by atoms with Gasteiger partial charge in [-0.15, -0.1) is 0 Å². The lowest BCUT2D eigenvalue weighted by Crippen LogP contribution is -2.40. The van der Waals surface area contributed by atoms with E-state index in [1.54, 1.807) is 12.1 Å². The molecule has 28 heavy (non-hydrogen) atoms. The summed E-state index contributed by atoms with van der Waals surface area (Å²) in [5.41, 5.74) is 2.07. The second kappa shape index (κ2) is 10.1. The fourth-order valence-electron chi connectivity index (χ4n) is 2.87. The highest BCUT2D eigenvalue weighted by Crippen LogP contribution is 2.13. The zero-order valence-corrected chi connectivity index (χ0v) is 16.2. The average Bonchev–Trinajstić information content (AvgIpc) is 3.22. The Kier molecular flexibility index (Phi) is 7.22. The van der Waals surface area contributed by atoms with Gasteiger partial charge in [0.2, 0.25) is 0 Å². The normalized spacial score (nSPS) is 16.8. The van der Waals surface area contributed by atoms with E-state index in [2.05, 4.69) is 15.6 Å². The van der Waals surface area contributed by atoms with Crippen LogP contribution in [-0.2, 0) is 17.8 Å². The highest BCUT2D eigenvalue weighted by Gasteiger charge is 2.15. The van der Waals surface area contributed by atoms with E-state index < -0.39 is 4.92 Å². The molecule has 0 radical (unpaired) electrons. The van der Waals surface area contributed by atoms with Crippen LogP contribution in [0.15, 0.2) is 53.5 Å². The highest BCUT2D eigenvalue weighted by atomic mass is 35.5. The summed E-state index contributed by atoms with van der Waals surface area (Å²) < 4.78 is 5.65. The van der Waals surface area contributed by atoms with Gasteiger partial charge in [-0.05, 0) is 36.1 Å². The first-order valence-electron chi connectivity index (χ1n) is 9.22. The maximum absolute atomic E-state index is 10.8. The Morgan fingerprint density at radius 3 is 2.50 bits per heavy atom. The SMILES string of the molecule is O=[N+]([O-])c1ccc(CNC(=NCc2ccc(Cl)cc2)NCC2CCCO2)cc1. The molecule has 0 amide bonds. The number of nitro groups is 1. The number of halogens is 1. The summed E-state index contributed by atoms with van der Waals surface area (Å²) in [4.78, 5) is 15.0. The Morgan fingerprint density at radius 1 is 1.14 bits per heavy atom. The van der Waals surface area contributed by atoms with Crippen molar-refractivity contribution >= 4 is 23.2 Å². The fourth-order valence-corrected chi connectivity index (χ4v) is 3.00. The van der Waals surface area contributed by atoms with Gasteiger partial charge in [-0.25, -0.2) is 4.99 Å². The van der Waals surface area contributed by atoms with Gasteiger partial charge in [0, 0.05) is 36.9 Å². The largest absolute Gasteiger partial charge is 0.376 e. The van der Waals surface area contributed by atoms with E-state index in [1.807, 2.05) is 24.3 Å². The smallest absolute Gasteiger partial charge is 0.269 e. The minimum absolute atomic E-state index is 0.0805. The minimum atomic E-state index is -0.403. The van der Waals surface area contributed by atoms with Gasteiger partial charge >= 0.3 is 0 Å². The number of hydrogen-bond donors (Lipinski definition) is 2. The Labute approximate surface area is 168 Å². The van der Waals surface area contributed by atoms with E-state index in [0.29, 0.717) is 30.6 Å². The first kappa shape index (κ1) is 20.1. The van der Waals surface area contributed by atoms with E-state index in [1.165, 1.54) is 12.1 Å². The van der Waals surface area contributed by atoms with Gasteiger partial charge in [-0.3, -0.25) is 10.1 Å². The lowest BCUT2D eigenvalue weighted by atomic mass is 10.2. The molecule has 7 nitrogen and oxygen atoms in total. The van der Waals surface area contributed by atoms with Gasteiger partial charge < -0.3 is 15.4 Å². The molecule has 1 heterocycles. The molecule has 0 saturated carbocycles. The number of non-ortho nitro benzene ring substituents is 1. The van der Waals surface area contributed by atoms with Crippen molar-refractivity contribution in [2.24, 2.45) is 4.99 Å². The van der Waals surface area contributed by atoms with Crippen molar-refractivity contribution in [2.45, 2.75) is 32.0 Å². The zero-order chi connectivity index (χ0) is 19.8. The maximum Gasteiger partial charge on any atom is 0.269 e. The van der Waals surface area contributed by atoms with E-state index in [9.17, 15) is 10.1 Å². The molecule has 3 rings (SSSR count). The molecule has 0 spiro atoms. The van der Waals surface area contributed by atoms with E-state index in [0.717, 1.165) is 30.6 Å². The van der Waals surface area contributed by atoms with Gasteiger partial charge in [-0.2, -0.15) is 0 Å². The van der Waals surface area contributed by atoms with E-state index >= 15 is 0 Å². The van der Waals surface area contributed by atoms with Crippen LogP contribution in [0.4, 0.5) is 5.69 Å². The second-order valence-electron chi connectivity index (χ2n) is 6.58. The third-order valence-electron chi connectivity index (χ3n) is 4.46. The second-order valence-corrected chi connectivity index (χ2v) is 7.02. The quantitative estimate of drug-likeness (QED) is 0.319. The molecule has 1 aliphatic rings. The predicted octanol–water partition coefficient (Wildman–Crippen LogP) is 3.66. The molecule has 1 unspecified atom stereocenters. The molecule has 8 heteroatoms. The molecule has 0 aliphatic carbocycles. The number of rotatable bonds is 7. The van der Waals surface area contributed by atoms with Crippen molar-refractivity contribution in [3.63, 3.8) is 0 Å². The number of benzene rings is 2. The summed E-state index contributed by atoms with van der Waals surface area (Å²) in [6, 6.07) is 14.1. The van der Waals surface area contributed by atoms with Crippen LogP contribution in [0.25, 0.3) is 0 Å². The van der Waals surface area contributed by atoms with E-state index in [4.69, 9.17) is 16.3 Å². The van der Waals surface area contributed by atoms with Crippen molar-refractivity contribution in [1.29, 1.82) is 0 Å². The van der Waals surface area contributed by atoms with Crippen molar-refractivity contribution in [3.05, 3.63) is 74.8 Å². The molecule has 0 bridgehead atoms. The first-order chi connectivity index (χ1) is 13.6. The maximum atomic E-state index is 10.8. The Balaban J connectivity index is 1.61. The van der Waals surface area contributed by atoms with Gasteiger partial charge in [0.05, 0.1) is 17.6 Å². The van der Waals surface area contributed by atoms with Crippen LogP contribution >= 0.6 is 11.6 Å². The van der Waals surface area contributed by atoms with Gasteiger partial charge in [-0.1, -0.05) is 35.9 Å². The van der Waals surface area contributed by atoms with Crippen LogP contribution in [0.5, 0.6) is 0 Å². The van der Waals surface area contributed by atoms with Gasteiger partial charge in [0.1, 0.15) is 0 Å². The molecule has 1 fully saturated rings. The number of nitro benzene ring substituents is 1. The van der Waals surface area contributed by atoms with Crippen LogP contribution < -0.4 is 10.6 Å². The molecular formula is C20H23ClN4O3. The van der Waals surface area contributed by atoms with Crippen molar-refractivity contribution < 1.29 is 9.66 Å². The zero-order valence-electron chi connectivity index (χ0n) is 15.4. The Bertz CT molecular complexity index is 803. The molecule has 2 aromatic rings. The van der Waals surface area contributed by atoms with Gasteiger partial charge in [0.15, 0.2) is 5.96 Å². The number of aliphatic imine (C=N–C) groups is 1. The average molecular weight is 403 g/mol. The minimum Gasteiger partial charge on any atom is -0.376 e. The molecule has 1 saturated heterocycles. The number of nitrogens with zero attached hydrogens (tertiary/aromatic N) is 2. The van der Waals surface area contributed by atoms with Crippen LogP contribution in [0.2, 0.25) is 5.02 Å². The van der Waals surface area contributed by atoms with Crippen molar-refractivity contribution in [1.82, 2.24) is 10.6 Å². The molecule has 1 atom stereocenters. The highest BCUT2D eigenvalue weighted by molar-refractivity contribution is 6.30. The van der Waals surface area contributed by atoms with E-state index in [-0.39, 0.29) is 11.8 Å². The number of nitrogens with one attached hydrogen (secondary N) is 2. The monoisotopic (exact) mass is 402 g/mol. The third kappa shape index (κ3) is 6.21. The lowest BCUT2D eigenvalue weighted by Gasteiger charge is -2.16. The molecule has 148 valence electrons. The summed E-state index contributed by atoms with van der Waals surface area (Å²) in [5, 5.41) is 18.1. The lowest BCUT2D eigenvalue weighted by molar-refractivity contribution is -0.384. The summed E-state index contributed by atoms with van der Waals surface area (Å²) in [5.74, 6) is 0.670. The standard InChI is InChI=1S/C20H23ClN4O3/c21-17-7-3-15(4-8-17)12-22-20(24-14-19-2-1-11-28-19)23-13-16-5-9-18(10-6-16)25(26)27/h3-10,19H,1-2,11-14H2,(H2,22,23,24). The summed E-state index contributed by atoms with van der Waals surface area (Å²) in [6.45, 7) is 2.51. The van der Waals surface area contributed by atoms with Crippen molar-refractivity contribution in [3.8, 4) is 0 Å². The number of guanidine groups is 1. The number of ether oxygens (including phenoxy) is 1. The molecule has 2 N–H and O–H groups in total. The third-order valence-corrected chi connectivity index (χ3v) is 4.71. The summed E-state index contributed by atoms with van der Waals surface area (Å²) >= 11 is 5.93. The van der Waals surface area contributed by atoms with Crippen LogP contribution in [-0.4, -0.2) is 30.1 Å². The summed E-state index contributed by atoms with van der Waals surface area (Å²) in [7, 11) is 0. The van der Waals surface area contributed by atoms with Crippen LogP contribution in [0.1, 0.15) is 24.0 Å². The molecular weight excluding hydrogens is 380 g/mol. The fraction of sp³-hybridized carbons (Fsp3) is 0.350. The van der Waals surface area contributed by atoms with Crippen LogP contribution in [0, 0.1) is 10.1 Å². The van der Waals surface area contributed by atoms with Crippen LogP contribution in [0.3, 0.4) is 0 Å². The first-order valence-corrected chi connectivity index (χ1v) is 9.59. The molecule has 1 aliphatic heterocycles.